The van der Waals surface area contributed by atoms with E-state index in [1.165, 1.54) is 0 Å². The smallest absolute Gasteiger partial charge is 0.123 e. The Bertz CT molecular complexity index is 335. The monoisotopic (exact) mass is 269 g/mol. The Morgan fingerprint density at radius 3 is 2.42 bits per heavy atom. The molecule has 0 aliphatic rings. The minimum Gasteiger partial charge on any atom is -0.497 e. The molecule has 0 saturated carbocycles. The van der Waals surface area contributed by atoms with Crippen LogP contribution in [0.15, 0.2) is 18.2 Å². The second-order valence-electron chi connectivity index (χ2n) is 4.03. The average Bonchev–Trinajstić information content (AvgIpc) is 2.45. The zero-order chi connectivity index (χ0) is 13.9. The fourth-order valence-corrected chi connectivity index (χ4v) is 1.58. The van der Waals surface area contributed by atoms with Crippen LogP contribution in [0.4, 0.5) is 0 Å². The van der Waals surface area contributed by atoms with E-state index >= 15 is 0 Å². The summed E-state index contributed by atoms with van der Waals surface area (Å²) in [6.07, 6.45) is 0.896. The number of ether oxygens (including phenoxy) is 4. The molecule has 5 nitrogen and oxygen atoms in total. The van der Waals surface area contributed by atoms with Crippen molar-refractivity contribution in [2.45, 2.75) is 13.0 Å². The highest BCUT2D eigenvalue weighted by atomic mass is 16.5. The SMILES string of the molecule is COCCCOCCOc1cc(CN)cc(OC)c1. The van der Waals surface area contributed by atoms with E-state index in [0.717, 1.165) is 30.1 Å². The lowest BCUT2D eigenvalue weighted by Gasteiger charge is -2.10. The second kappa shape index (κ2) is 9.61. The van der Waals surface area contributed by atoms with Gasteiger partial charge in [-0.3, -0.25) is 0 Å². The Balaban J connectivity index is 2.28. The molecule has 0 aromatic heterocycles. The van der Waals surface area contributed by atoms with E-state index in [2.05, 4.69) is 0 Å². The number of benzene rings is 1. The molecular weight excluding hydrogens is 246 g/mol. The number of methoxy groups -OCH3 is 2. The van der Waals surface area contributed by atoms with Gasteiger partial charge >= 0.3 is 0 Å². The highest BCUT2D eigenvalue weighted by Gasteiger charge is 2.01. The van der Waals surface area contributed by atoms with Crippen LogP contribution in [0.3, 0.4) is 0 Å². The van der Waals surface area contributed by atoms with E-state index in [1.54, 1.807) is 14.2 Å². The molecule has 0 amide bonds. The molecule has 1 aromatic rings. The van der Waals surface area contributed by atoms with Crippen LogP contribution in [0.25, 0.3) is 0 Å². The summed E-state index contributed by atoms with van der Waals surface area (Å²) in [6.45, 7) is 2.92. The van der Waals surface area contributed by atoms with Crippen LogP contribution in [0.5, 0.6) is 11.5 Å². The van der Waals surface area contributed by atoms with Crippen molar-refractivity contribution in [3.63, 3.8) is 0 Å². The van der Waals surface area contributed by atoms with Crippen LogP contribution in [0.2, 0.25) is 0 Å². The molecule has 0 saturated heterocycles. The Kier molecular flexibility index (Phi) is 7.97. The summed E-state index contributed by atoms with van der Waals surface area (Å²) in [5.41, 5.74) is 6.60. The topological polar surface area (TPSA) is 62.9 Å². The zero-order valence-corrected chi connectivity index (χ0v) is 11.7. The maximum absolute atomic E-state index is 5.62. The van der Waals surface area contributed by atoms with E-state index < -0.39 is 0 Å². The second-order valence-corrected chi connectivity index (χ2v) is 4.03. The van der Waals surface area contributed by atoms with Gasteiger partial charge in [-0.05, 0) is 24.1 Å². The quantitative estimate of drug-likeness (QED) is 0.653. The number of hydrogen-bond acceptors (Lipinski definition) is 5. The largest absolute Gasteiger partial charge is 0.497 e. The van der Waals surface area contributed by atoms with E-state index in [-0.39, 0.29) is 0 Å². The summed E-state index contributed by atoms with van der Waals surface area (Å²) in [4.78, 5) is 0. The number of rotatable bonds is 10. The highest BCUT2D eigenvalue weighted by Crippen LogP contribution is 2.22. The Morgan fingerprint density at radius 1 is 0.947 bits per heavy atom. The lowest BCUT2D eigenvalue weighted by atomic mass is 10.2. The fourth-order valence-electron chi connectivity index (χ4n) is 1.58. The third kappa shape index (κ3) is 6.42. The summed E-state index contributed by atoms with van der Waals surface area (Å²) in [7, 11) is 3.30. The van der Waals surface area contributed by atoms with Crippen LogP contribution in [-0.2, 0) is 16.0 Å². The predicted octanol–water partition coefficient (Wildman–Crippen LogP) is 1.59. The maximum atomic E-state index is 5.62. The van der Waals surface area contributed by atoms with Crippen molar-refractivity contribution >= 4 is 0 Å². The average molecular weight is 269 g/mol. The molecule has 0 spiro atoms. The predicted molar refractivity (Wildman–Crippen MR) is 73.7 cm³/mol. The van der Waals surface area contributed by atoms with Gasteiger partial charge in [-0.15, -0.1) is 0 Å². The molecule has 108 valence electrons. The molecule has 0 fully saturated rings. The van der Waals surface area contributed by atoms with Crippen LogP contribution in [0.1, 0.15) is 12.0 Å². The van der Waals surface area contributed by atoms with Gasteiger partial charge in [0, 0.05) is 32.9 Å². The van der Waals surface area contributed by atoms with Crippen LogP contribution < -0.4 is 15.2 Å². The molecule has 5 heteroatoms. The lowest BCUT2D eigenvalue weighted by Crippen LogP contribution is -2.09. The van der Waals surface area contributed by atoms with Crippen molar-refractivity contribution in [2.75, 3.05) is 40.6 Å². The van der Waals surface area contributed by atoms with Crippen LogP contribution in [-0.4, -0.2) is 40.6 Å². The molecule has 0 atom stereocenters. The molecule has 0 radical (unpaired) electrons. The standard InChI is InChI=1S/C14H23NO4/c1-16-4-3-5-18-6-7-19-14-9-12(11-15)8-13(10-14)17-2/h8-10H,3-7,11,15H2,1-2H3. The minimum atomic E-state index is 0.459. The molecule has 0 aliphatic carbocycles. The van der Waals surface area contributed by atoms with Crippen molar-refractivity contribution in [1.29, 1.82) is 0 Å². The summed E-state index contributed by atoms with van der Waals surface area (Å²) in [5.74, 6) is 1.50. The Morgan fingerprint density at radius 2 is 1.74 bits per heavy atom. The van der Waals surface area contributed by atoms with Gasteiger partial charge < -0.3 is 24.7 Å². The van der Waals surface area contributed by atoms with Crippen LogP contribution in [0, 0.1) is 0 Å². The molecule has 1 rings (SSSR count). The van der Waals surface area contributed by atoms with E-state index in [1.807, 2.05) is 18.2 Å². The highest BCUT2D eigenvalue weighted by molar-refractivity contribution is 5.38. The van der Waals surface area contributed by atoms with E-state index in [4.69, 9.17) is 24.7 Å². The molecule has 0 heterocycles. The van der Waals surface area contributed by atoms with Gasteiger partial charge in [-0.2, -0.15) is 0 Å². The van der Waals surface area contributed by atoms with Crippen molar-refractivity contribution in [3.8, 4) is 11.5 Å². The van der Waals surface area contributed by atoms with E-state index in [9.17, 15) is 0 Å². The van der Waals surface area contributed by atoms with Gasteiger partial charge in [0.1, 0.15) is 18.1 Å². The Labute approximate surface area is 114 Å². The summed E-state index contributed by atoms with van der Waals surface area (Å²) in [5, 5.41) is 0. The van der Waals surface area contributed by atoms with E-state index in [0.29, 0.717) is 26.4 Å². The zero-order valence-electron chi connectivity index (χ0n) is 11.7. The first-order valence-corrected chi connectivity index (χ1v) is 6.37. The minimum absolute atomic E-state index is 0.459. The lowest BCUT2D eigenvalue weighted by molar-refractivity contribution is 0.0806. The normalized spacial score (nSPS) is 10.5. The van der Waals surface area contributed by atoms with Gasteiger partial charge in [0.2, 0.25) is 0 Å². The molecule has 2 N–H and O–H groups in total. The van der Waals surface area contributed by atoms with Gasteiger partial charge in [-0.1, -0.05) is 0 Å². The Hall–Kier alpha value is -1.30. The molecule has 1 aromatic carbocycles. The molecule has 0 aliphatic heterocycles. The molecule has 0 bridgehead atoms. The third-order valence-electron chi connectivity index (χ3n) is 2.54. The van der Waals surface area contributed by atoms with Gasteiger partial charge in [0.25, 0.3) is 0 Å². The summed E-state index contributed by atoms with van der Waals surface area (Å²) in [6, 6.07) is 5.64. The van der Waals surface area contributed by atoms with Crippen LogP contribution >= 0.6 is 0 Å². The van der Waals surface area contributed by atoms with Crippen molar-refractivity contribution in [1.82, 2.24) is 0 Å². The van der Waals surface area contributed by atoms with Crippen molar-refractivity contribution in [3.05, 3.63) is 23.8 Å². The summed E-state index contributed by atoms with van der Waals surface area (Å²) < 4.78 is 21.1. The summed E-state index contributed by atoms with van der Waals surface area (Å²) >= 11 is 0. The maximum Gasteiger partial charge on any atom is 0.123 e. The third-order valence-corrected chi connectivity index (χ3v) is 2.54. The first kappa shape index (κ1) is 15.8. The van der Waals surface area contributed by atoms with Crippen molar-refractivity contribution in [2.24, 2.45) is 5.73 Å². The number of nitrogens with two attached hydrogens (primary N) is 1. The molecule has 19 heavy (non-hydrogen) atoms. The van der Waals surface area contributed by atoms with Gasteiger partial charge in [-0.25, -0.2) is 0 Å². The van der Waals surface area contributed by atoms with Gasteiger partial charge in [0.05, 0.1) is 13.7 Å². The first-order valence-electron chi connectivity index (χ1n) is 6.37. The van der Waals surface area contributed by atoms with Crippen molar-refractivity contribution < 1.29 is 18.9 Å². The van der Waals surface area contributed by atoms with Gasteiger partial charge in [0.15, 0.2) is 0 Å². The molecular formula is C14H23NO4. The molecule has 0 unspecified atom stereocenters. The fraction of sp³-hybridized carbons (Fsp3) is 0.571. The first-order chi connectivity index (χ1) is 9.30. The number of hydrogen-bond donors (Lipinski definition) is 1.